The number of halogens is 3. The van der Waals surface area contributed by atoms with Crippen molar-refractivity contribution in [2.75, 3.05) is 50.0 Å². The molecule has 0 bridgehead atoms. The Bertz CT molecular complexity index is 1300. The summed E-state index contributed by atoms with van der Waals surface area (Å²) in [6.07, 6.45) is 1.51. The van der Waals surface area contributed by atoms with Gasteiger partial charge in [-0.1, -0.05) is 0 Å². The van der Waals surface area contributed by atoms with Crippen molar-refractivity contribution in [3.8, 4) is 23.0 Å². The molecule has 0 radical (unpaired) electrons. The highest BCUT2D eigenvalue weighted by molar-refractivity contribution is 6.20. The van der Waals surface area contributed by atoms with E-state index in [0.29, 0.717) is 59.6 Å². The van der Waals surface area contributed by atoms with Crippen molar-refractivity contribution in [2.24, 2.45) is 0 Å². The summed E-state index contributed by atoms with van der Waals surface area (Å²) in [6, 6.07) is 10.4. The third kappa shape index (κ3) is 6.89. The van der Waals surface area contributed by atoms with Gasteiger partial charge in [-0.3, -0.25) is 4.79 Å². The minimum Gasteiger partial charge on any atom is -0.493 e. The van der Waals surface area contributed by atoms with Gasteiger partial charge in [-0.05, 0) is 36.8 Å². The number of aliphatic hydroxyl groups excluding tert-OH is 1. The number of β-amino-alcohol motifs (C(OH)–C–C–N with tert-alkyl or cyclic N) is 1. The molecule has 2 aromatic carbocycles. The molecule has 208 valence electrons. The molecule has 3 N–H and O–H groups in total. The van der Waals surface area contributed by atoms with Gasteiger partial charge in [0.05, 0.1) is 38.7 Å². The van der Waals surface area contributed by atoms with E-state index < -0.39 is 17.6 Å². The number of carbonyl (C=O) groups excluding carboxylic acids is 1. The highest BCUT2D eigenvalue weighted by Crippen LogP contribution is 2.41. The third-order valence-electron chi connectivity index (χ3n) is 5.88. The van der Waals surface area contributed by atoms with Gasteiger partial charge in [-0.15, -0.1) is 8.78 Å². The molecule has 2 heterocycles. The Labute approximate surface area is 228 Å². The van der Waals surface area contributed by atoms with E-state index in [2.05, 4.69) is 20.4 Å². The van der Waals surface area contributed by atoms with Gasteiger partial charge in [-0.2, -0.15) is 0 Å². The minimum atomic E-state index is -3.84. The number of nitrogens with zero attached hydrogens (tertiary/aromatic N) is 2. The van der Waals surface area contributed by atoms with Crippen molar-refractivity contribution in [1.82, 2.24) is 4.98 Å². The second-order valence-electron chi connectivity index (χ2n) is 8.55. The summed E-state index contributed by atoms with van der Waals surface area (Å²) >= 11 is 4.79. The first-order valence-electron chi connectivity index (χ1n) is 11.8. The molecule has 1 aliphatic rings. The Balaban J connectivity index is 1.62. The lowest BCUT2D eigenvalue weighted by atomic mass is 10.2. The number of hydrogen-bond acceptors (Lipinski definition) is 9. The van der Waals surface area contributed by atoms with Gasteiger partial charge in [0.25, 0.3) is 5.91 Å². The van der Waals surface area contributed by atoms with E-state index in [1.165, 1.54) is 51.8 Å². The lowest BCUT2D eigenvalue weighted by molar-refractivity contribution is -0.0964. The van der Waals surface area contributed by atoms with E-state index in [0.717, 1.165) is 0 Å². The molecule has 13 heteroatoms. The fourth-order valence-electron chi connectivity index (χ4n) is 4.11. The molecule has 1 aliphatic heterocycles. The molecule has 3 aromatic rings. The van der Waals surface area contributed by atoms with Crippen LogP contribution in [-0.4, -0.2) is 62.1 Å². The van der Waals surface area contributed by atoms with Gasteiger partial charge in [0.15, 0.2) is 17.3 Å². The van der Waals surface area contributed by atoms with Crippen LogP contribution < -0.4 is 34.5 Å². The Morgan fingerprint density at radius 1 is 1.08 bits per heavy atom. The molecule has 10 nitrogen and oxygen atoms in total. The fraction of sp³-hybridized carbons (Fsp3) is 0.308. The summed E-state index contributed by atoms with van der Waals surface area (Å²) in [5.41, 5.74) is -2.20. The molecule has 1 unspecified atom stereocenters. The SMILES string of the molecule is COc1cc(Nc2cc(C(=O)Nc3ccc(OC(F)(F)Cl)cc3)cnc2N2CCC(O)C2)cc(OC)c1OC. The molecule has 4 rings (SSSR count). The van der Waals surface area contributed by atoms with E-state index in [9.17, 15) is 18.7 Å². The Kier molecular flexibility index (Phi) is 8.46. The van der Waals surface area contributed by atoms with Crippen LogP contribution in [0.1, 0.15) is 16.8 Å². The van der Waals surface area contributed by atoms with Gasteiger partial charge in [0.1, 0.15) is 5.75 Å². The average molecular weight is 565 g/mol. The van der Waals surface area contributed by atoms with Crippen molar-refractivity contribution in [3.63, 3.8) is 0 Å². The Morgan fingerprint density at radius 2 is 1.74 bits per heavy atom. The number of pyridine rings is 1. The molecule has 1 fully saturated rings. The number of ether oxygens (including phenoxy) is 4. The number of nitrogens with one attached hydrogen (secondary N) is 2. The summed E-state index contributed by atoms with van der Waals surface area (Å²) in [4.78, 5) is 19.5. The average Bonchev–Trinajstić information content (AvgIpc) is 3.34. The van der Waals surface area contributed by atoms with Crippen LogP contribution in [0.25, 0.3) is 0 Å². The van der Waals surface area contributed by atoms with Gasteiger partial charge in [-0.25, -0.2) is 4.98 Å². The Hall–Kier alpha value is -4.03. The van der Waals surface area contributed by atoms with E-state index in [1.54, 1.807) is 18.2 Å². The predicted molar refractivity (Wildman–Crippen MR) is 142 cm³/mol. The first kappa shape index (κ1) is 28.0. The van der Waals surface area contributed by atoms with E-state index in [1.807, 2.05) is 4.90 Å². The van der Waals surface area contributed by atoms with Crippen molar-refractivity contribution in [2.45, 2.75) is 18.1 Å². The highest BCUT2D eigenvalue weighted by Gasteiger charge is 2.28. The zero-order chi connectivity index (χ0) is 28.2. The monoisotopic (exact) mass is 564 g/mol. The first-order valence-corrected chi connectivity index (χ1v) is 12.1. The number of anilines is 4. The quantitative estimate of drug-likeness (QED) is 0.297. The number of hydrogen-bond donors (Lipinski definition) is 3. The fourth-order valence-corrected chi connectivity index (χ4v) is 4.20. The van der Waals surface area contributed by atoms with Crippen molar-refractivity contribution < 1.29 is 37.6 Å². The summed E-state index contributed by atoms with van der Waals surface area (Å²) in [5.74, 6) is 1.17. The van der Waals surface area contributed by atoms with Gasteiger partial charge < -0.3 is 39.6 Å². The second kappa shape index (κ2) is 11.8. The van der Waals surface area contributed by atoms with Crippen LogP contribution in [-0.2, 0) is 0 Å². The van der Waals surface area contributed by atoms with Crippen LogP contribution in [0.15, 0.2) is 48.7 Å². The van der Waals surface area contributed by atoms with Crippen LogP contribution in [0.4, 0.5) is 31.7 Å². The number of rotatable bonds is 10. The van der Waals surface area contributed by atoms with Gasteiger partial charge >= 0.3 is 5.57 Å². The van der Waals surface area contributed by atoms with Crippen LogP contribution in [0.3, 0.4) is 0 Å². The molecular formula is C26H27ClF2N4O6. The molecule has 39 heavy (non-hydrogen) atoms. The molecule has 1 atom stereocenters. The van der Waals surface area contributed by atoms with Gasteiger partial charge in [0.2, 0.25) is 5.75 Å². The lowest BCUT2D eigenvalue weighted by Gasteiger charge is -2.22. The third-order valence-corrected chi connectivity index (χ3v) is 5.96. The number of alkyl halides is 3. The topological polar surface area (TPSA) is 114 Å². The molecule has 0 aliphatic carbocycles. The summed E-state index contributed by atoms with van der Waals surface area (Å²) in [6.45, 7) is 0.970. The summed E-state index contributed by atoms with van der Waals surface area (Å²) in [7, 11) is 4.51. The van der Waals surface area contributed by atoms with E-state index in [-0.39, 0.29) is 11.3 Å². The number of benzene rings is 2. The lowest BCUT2D eigenvalue weighted by Crippen LogP contribution is -2.24. The molecule has 1 saturated heterocycles. The van der Waals surface area contributed by atoms with Crippen LogP contribution in [0.2, 0.25) is 0 Å². The maximum absolute atomic E-state index is 13.0. The number of aromatic nitrogens is 1. The number of aliphatic hydroxyl groups is 1. The molecule has 1 aromatic heterocycles. The van der Waals surface area contributed by atoms with E-state index >= 15 is 0 Å². The number of methoxy groups -OCH3 is 3. The van der Waals surface area contributed by atoms with E-state index in [4.69, 9.17) is 25.8 Å². The zero-order valence-electron chi connectivity index (χ0n) is 21.3. The van der Waals surface area contributed by atoms with Crippen LogP contribution in [0.5, 0.6) is 23.0 Å². The first-order chi connectivity index (χ1) is 18.6. The van der Waals surface area contributed by atoms with Crippen LogP contribution in [0, 0.1) is 0 Å². The van der Waals surface area contributed by atoms with Crippen molar-refractivity contribution in [1.29, 1.82) is 0 Å². The minimum absolute atomic E-state index is 0.163. The van der Waals surface area contributed by atoms with Gasteiger partial charge in [0, 0.05) is 54.4 Å². The summed E-state index contributed by atoms with van der Waals surface area (Å²) < 4.78 is 46.2. The largest absolute Gasteiger partial charge is 0.493 e. The Morgan fingerprint density at radius 3 is 2.28 bits per heavy atom. The molecule has 0 saturated carbocycles. The zero-order valence-corrected chi connectivity index (χ0v) is 22.1. The normalized spacial score (nSPS) is 15.1. The summed E-state index contributed by atoms with van der Waals surface area (Å²) in [5, 5.41) is 16.0. The maximum Gasteiger partial charge on any atom is 0.487 e. The standard InChI is InChI=1S/C26H27ClF2N4O6/c1-36-21-11-17(12-22(37-2)23(21)38-3)31-20-10-15(13-30-24(20)33-9-8-18(34)14-33)25(35)32-16-4-6-19(7-5-16)39-26(27,28)29/h4-7,10-13,18,31,34H,8-9,14H2,1-3H3,(H,32,35). The van der Waals surface area contributed by atoms with Crippen LogP contribution >= 0.6 is 11.6 Å². The predicted octanol–water partition coefficient (Wildman–Crippen LogP) is 4.84. The number of carbonyl (C=O) groups is 1. The molecule has 1 amide bonds. The maximum atomic E-state index is 13.0. The second-order valence-corrected chi connectivity index (χ2v) is 8.99. The smallest absolute Gasteiger partial charge is 0.487 e. The van der Waals surface area contributed by atoms with Crippen molar-refractivity contribution in [3.05, 3.63) is 54.2 Å². The molecular weight excluding hydrogens is 538 g/mol. The molecule has 0 spiro atoms. The van der Waals surface area contributed by atoms with Crippen molar-refractivity contribution >= 4 is 40.4 Å². The number of amides is 1. The highest BCUT2D eigenvalue weighted by atomic mass is 35.5.